The molecule has 0 bridgehead atoms. The van der Waals surface area contributed by atoms with E-state index in [9.17, 15) is 4.79 Å². The fourth-order valence-corrected chi connectivity index (χ4v) is 1.99. The first-order valence-corrected chi connectivity index (χ1v) is 6.94. The van der Waals surface area contributed by atoms with Crippen molar-refractivity contribution in [3.63, 3.8) is 0 Å². The second-order valence-electron chi connectivity index (χ2n) is 3.65. The number of nitrogens with zero attached hydrogens (tertiary/aromatic N) is 1. The van der Waals surface area contributed by atoms with Gasteiger partial charge in [-0.25, -0.2) is 4.79 Å². The molecular weight excluding hydrogens is 256 g/mol. The van der Waals surface area contributed by atoms with E-state index in [-0.39, 0.29) is 29.6 Å². The highest BCUT2D eigenvalue weighted by atomic mass is 32.2. The van der Waals surface area contributed by atoms with E-state index < -0.39 is 5.97 Å². The van der Waals surface area contributed by atoms with Crippen LogP contribution >= 0.6 is 11.8 Å². The van der Waals surface area contributed by atoms with Crippen LogP contribution in [0.1, 0.15) is 24.3 Å². The topological polar surface area (TPSA) is 84.6 Å². The van der Waals surface area contributed by atoms with Crippen molar-refractivity contribution >= 4 is 23.7 Å². The predicted octanol–water partition coefficient (Wildman–Crippen LogP) is 1.38. The van der Waals surface area contributed by atoms with E-state index in [0.717, 1.165) is 0 Å². The van der Waals surface area contributed by atoms with Crippen LogP contribution in [0.15, 0.2) is 10.7 Å². The first-order valence-electron chi connectivity index (χ1n) is 5.65. The molecule has 0 aliphatic rings. The number of anilines is 1. The fraction of sp³-hybridized carbons (Fsp3) is 0.636. The van der Waals surface area contributed by atoms with Gasteiger partial charge in [-0.3, -0.25) is 0 Å². The average Bonchev–Trinajstić information content (AvgIpc) is 2.79. The van der Waals surface area contributed by atoms with Crippen LogP contribution in [0.25, 0.3) is 0 Å². The molecule has 1 aromatic rings. The molecule has 1 aromatic heterocycles. The van der Waals surface area contributed by atoms with Crippen LogP contribution in [0.5, 0.6) is 0 Å². The third kappa shape index (κ3) is 3.92. The van der Waals surface area contributed by atoms with Crippen molar-refractivity contribution in [2.75, 3.05) is 24.8 Å². The van der Waals surface area contributed by atoms with Crippen molar-refractivity contribution < 1.29 is 19.1 Å². The Morgan fingerprint density at radius 1 is 1.72 bits per heavy atom. The number of hydrogen-bond donors (Lipinski definition) is 2. The average molecular weight is 274 g/mol. The lowest BCUT2D eigenvalue weighted by Crippen LogP contribution is -2.31. The maximum atomic E-state index is 11.4. The molecule has 2 atom stereocenters. The molecule has 2 unspecified atom stereocenters. The number of aliphatic hydroxyl groups excluding tert-OH is 1. The number of carbonyl (C=O) groups excluding carboxylic acids is 1. The number of oxazole rings is 1. The summed E-state index contributed by atoms with van der Waals surface area (Å²) in [6.07, 6.45) is 3.17. The Morgan fingerprint density at radius 2 is 2.44 bits per heavy atom. The van der Waals surface area contributed by atoms with Gasteiger partial charge in [0.25, 0.3) is 6.01 Å². The van der Waals surface area contributed by atoms with Gasteiger partial charge in [-0.15, -0.1) is 0 Å². The van der Waals surface area contributed by atoms with E-state index in [1.165, 1.54) is 6.26 Å². The normalized spacial score (nSPS) is 14.0. The zero-order valence-corrected chi connectivity index (χ0v) is 11.5. The second kappa shape index (κ2) is 7.27. The predicted molar refractivity (Wildman–Crippen MR) is 69.9 cm³/mol. The van der Waals surface area contributed by atoms with Crippen LogP contribution in [0.3, 0.4) is 0 Å². The summed E-state index contributed by atoms with van der Waals surface area (Å²) in [4.78, 5) is 15.3. The van der Waals surface area contributed by atoms with Crippen LogP contribution in [-0.4, -0.2) is 46.8 Å². The van der Waals surface area contributed by atoms with Crippen LogP contribution in [-0.2, 0) is 4.74 Å². The number of aromatic nitrogens is 1. The number of nitrogens with one attached hydrogen (secondary N) is 1. The minimum Gasteiger partial charge on any atom is -0.461 e. The van der Waals surface area contributed by atoms with E-state index in [4.69, 9.17) is 14.3 Å². The SMILES string of the molecule is CCOC(=O)c1coc(NC(C)C(CO)SC)n1. The fourth-order valence-electron chi connectivity index (χ4n) is 1.36. The van der Waals surface area contributed by atoms with Gasteiger partial charge in [0.1, 0.15) is 6.26 Å². The first kappa shape index (κ1) is 14.8. The molecule has 7 heteroatoms. The minimum atomic E-state index is -0.509. The van der Waals surface area contributed by atoms with E-state index in [1.807, 2.05) is 13.2 Å². The molecule has 0 amide bonds. The molecular formula is C11H18N2O4S. The summed E-state index contributed by atoms with van der Waals surface area (Å²) >= 11 is 1.54. The van der Waals surface area contributed by atoms with Crippen LogP contribution in [0.2, 0.25) is 0 Å². The van der Waals surface area contributed by atoms with E-state index >= 15 is 0 Å². The smallest absolute Gasteiger partial charge is 0.360 e. The highest BCUT2D eigenvalue weighted by Gasteiger charge is 2.18. The maximum Gasteiger partial charge on any atom is 0.360 e. The number of esters is 1. The maximum absolute atomic E-state index is 11.4. The van der Waals surface area contributed by atoms with Gasteiger partial charge in [0.2, 0.25) is 0 Å². The number of hydrogen-bond acceptors (Lipinski definition) is 7. The molecule has 102 valence electrons. The molecule has 0 aromatic carbocycles. The van der Waals surface area contributed by atoms with Crippen molar-refractivity contribution in [2.24, 2.45) is 0 Å². The number of aliphatic hydroxyl groups is 1. The lowest BCUT2D eigenvalue weighted by molar-refractivity contribution is 0.0519. The van der Waals surface area contributed by atoms with Crippen molar-refractivity contribution in [3.8, 4) is 0 Å². The Bertz CT molecular complexity index is 379. The van der Waals surface area contributed by atoms with Crippen molar-refractivity contribution in [1.82, 2.24) is 4.98 Å². The Morgan fingerprint density at radius 3 is 3.00 bits per heavy atom. The summed E-state index contributed by atoms with van der Waals surface area (Å²) in [5, 5.41) is 12.2. The Labute approximate surface area is 110 Å². The van der Waals surface area contributed by atoms with E-state index in [1.54, 1.807) is 18.7 Å². The summed E-state index contributed by atoms with van der Waals surface area (Å²) in [5.74, 6) is -0.509. The van der Waals surface area contributed by atoms with Crippen molar-refractivity contribution in [3.05, 3.63) is 12.0 Å². The number of carbonyl (C=O) groups is 1. The zero-order valence-electron chi connectivity index (χ0n) is 10.7. The van der Waals surface area contributed by atoms with Gasteiger partial charge >= 0.3 is 5.97 Å². The molecule has 18 heavy (non-hydrogen) atoms. The van der Waals surface area contributed by atoms with Gasteiger partial charge in [0, 0.05) is 11.3 Å². The van der Waals surface area contributed by atoms with Crippen LogP contribution in [0, 0.1) is 0 Å². The third-order valence-electron chi connectivity index (χ3n) is 2.38. The Balaban J connectivity index is 2.61. The highest BCUT2D eigenvalue weighted by molar-refractivity contribution is 7.99. The van der Waals surface area contributed by atoms with Crippen molar-refractivity contribution in [1.29, 1.82) is 0 Å². The summed E-state index contributed by atoms with van der Waals surface area (Å²) in [6, 6.07) is 0.219. The Kier molecular flexibility index (Phi) is 6.00. The highest BCUT2D eigenvalue weighted by Crippen LogP contribution is 2.16. The number of rotatable bonds is 7. The number of thioether (sulfide) groups is 1. The molecule has 0 spiro atoms. The molecule has 2 N–H and O–H groups in total. The summed E-state index contributed by atoms with van der Waals surface area (Å²) in [6.45, 7) is 3.99. The van der Waals surface area contributed by atoms with Crippen molar-refractivity contribution in [2.45, 2.75) is 25.1 Å². The molecule has 0 saturated heterocycles. The summed E-state index contributed by atoms with van der Waals surface area (Å²) in [7, 11) is 0. The monoisotopic (exact) mass is 274 g/mol. The van der Waals surface area contributed by atoms with Gasteiger partial charge in [-0.2, -0.15) is 16.7 Å². The Hall–Kier alpha value is -1.21. The molecule has 1 rings (SSSR count). The summed E-state index contributed by atoms with van der Waals surface area (Å²) in [5.41, 5.74) is 0.135. The van der Waals surface area contributed by atoms with Gasteiger partial charge in [-0.05, 0) is 20.1 Å². The summed E-state index contributed by atoms with van der Waals surface area (Å²) < 4.78 is 9.93. The molecule has 6 nitrogen and oxygen atoms in total. The molecule has 0 saturated carbocycles. The largest absolute Gasteiger partial charge is 0.461 e. The van der Waals surface area contributed by atoms with Gasteiger partial charge in [0.05, 0.1) is 13.2 Å². The lowest BCUT2D eigenvalue weighted by atomic mass is 10.2. The third-order valence-corrected chi connectivity index (χ3v) is 3.54. The quantitative estimate of drug-likeness (QED) is 0.726. The minimum absolute atomic E-state index is 0.0290. The first-order chi connectivity index (χ1) is 8.62. The van der Waals surface area contributed by atoms with Gasteiger partial charge < -0.3 is 19.6 Å². The standard InChI is InChI=1S/C11H18N2O4S/c1-4-16-10(15)8-6-17-11(13-8)12-7(2)9(5-14)18-3/h6-7,9,14H,4-5H2,1-3H3,(H,12,13). The van der Waals surface area contributed by atoms with Crippen LogP contribution in [0.4, 0.5) is 6.01 Å². The van der Waals surface area contributed by atoms with E-state index in [2.05, 4.69) is 10.3 Å². The second-order valence-corrected chi connectivity index (χ2v) is 4.73. The number of ether oxygens (including phenoxy) is 1. The molecule has 0 aliphatic carbocycles. The molecule has 0 radical (unpaired) electrons. The lowest BCUT2D eigenvalue weighted by Gasteiger charge is -2.19. The van der Waals surface area contributed by atoms with Gasteiger partial charge in [-0.1, -0.05) is 0 Å². The van der Waals surface area contributed by atoms with Crippen LogP contribution < -0.4 is 5.32 Å². The molecule has 0 aliphatic heterocycles. The zero-order chi connectivity index (χ0) is 13.5. The van der Waals surface area contributed by atoms with E-state index in [0.29, 0.717) is 6.61 Å². The van der Waals surface area contributed by atoms with Gasteiger partial charge in [0.15, 0.2) is 5.69 Å². The molecule has 0 fully saturated rings. The molecule has 1 heterocycles.